The van der Waals surface area contributed by atoms with Gasteiger partial charge >= 0.3 is 0 Å². The molecule has 0 unspecified atom stereocenters. The lowest BCUT2D eigenvalue weighted by atomic mass is 10.2. The van der Waals surface area contributed by atoms with Crippen molar-refractivity contribution in [2.75, 3.05) is 0 Å². The quantitative estimate of drug-likeness (QED) is 0.688. The number of aryl methyl sites for hydroxylation is 1. The first-order valence-corrected chi connectivity index (χ1v) is 6.19. The maximum atomic E-state index is 8.98. The molecule has 0 amide bonds. The van der Waals surface area contributed by atoms with E-state index in [2.05, 4.69) is 16.0 Å². The van der Waals surface area contributed by atoms with Crippen LogP contribution in [0.15, 0.2) is 36.4 Å². The van der Waals surface area contributed by atoms with Crippen molar-refractivity contribution in [2.24, 2.45) is 0 Å². The van der Waals surface area contributed by atoms with Crippen molar-refractivity contribution in [1.82, 2.24) is 14.5 Å². The largest absolute Gasteiger partial charge is 0.329 e. The third-order valence-corrected chi connectivity index (χ3v) is 3.19. The fourth-order valence-corrected chi connectivity index (χ4v) is 2.33. The molecule has 0 atom stereocenters. The van der Waals surface area contributed by atoms with E-state index in [1.165, 1.54) is 0 Å². The van der Waals surface area contributed by atoms with Gasteiger partial charge in [0.05, 0.1) is 22.8 Å². The number of aromatic amines is 1. The second-order valence-electron chi connectivity index (χ2n) is 4.25. The van der Waals surface area contributed by atoms with Crippen LogP contribution in [0.1, 0.15) is 11.3 Å². The van der Waals surface area contributed by atoms with E-state index in [4.69, 9.17) is 17.5 Å². The first-order chi connectivity index (χ1) is 9.19. The van der Waals surface area contributed by atoms with Crippen molar-refractivity contribution < 1.29 is 0 Å². The molecular weight excluding hydrogens is 256 g/mol. The van der Waals surface area contributed by atoms with Crippen LogP contribution in [0, 0.1) is 23.0 Å². The second kappa shape index (κ2) is 4.34. The number of benzene rings is 1. The predicted octanol–water partition coefficient (Wildman–Crippen LogP) is 3.26. The third kappa shape index (κ3) is 1.92. The van der Waals surface area contributed by atoms with E-state index < -0.39 is 0 Å². The highest BCUT2D eigenvalue weighted by Crippen LogP contribution is 2.19. The monoisotopic (exact) mass is 266 g/mol. The van der Waals surface area contributed by atoms with E-state index in [0.717, 1.165) is 22.5 Å². The molecule has 0 saturated heterocycles. The summed E-state index contributed by atoms with van der Waals surface area (Å²) in [5.74, 6) is 0. The second-order valence-corrected chi connectivity index (χ2v) is 4.64. The van der Waals surface area contributed by atoms with Gasteiger partial charge in [-0.3, -0.25) is 4.57 Å². The number of aromatic nitrogens is 3. The summed E-state index contributed by atoms with van der Waals surface area (Å²) in [6.45, 7) is 1.94. The highest BCUT2D eigenvalue weighted by atomic mass is 32.1. The van der Waals surface area contributed by atoms with Crippen molar-refractivity contribution in [3.8, 4) is 11.8 Å². The SMILES string of the molecule is Cc1ccc2[nH]c(=S)n(-c3cccc(C#N)c3)c2n1. The summed E-state index contributed by atoms with van der Waals surface area (Å²) in [6.07, 6.45) is 0. The average Bonchev–Trinajstić information content (AvgIpc) is 2.74. The predicted molar refractivity (Wildman–Crippen MR) is 75.7 cm³/mol. The summed E-state index contributed by atoms with van der Waals surface area (Å²) < 4.78 is 2.42. The molecule has 2 heterocycles. The molecule has 3 aromatic rings. The summed E-state index contributed by atoms with van der Waals surface area (Å²) in [5.41, 5.74) is 4.03. The topological polar surface area (TPSA) is 57.4 Å². The van der Waals surface area contributed by atoms with Crippen LogP contribution < -0.4 is 0 Å². The Morgan fingerprint density at radius 1 is 1.32 bits per heavy atom. The van der Waals surface area contributed by atoms with E-state index in [1.807, 2.05) is 35.8 Å². The van der Waals surface area contributed by atoms with Gasteiger partial charge in [0.2, 0.25) is 0 Å². The maximum absolute atomic E-state index is 8.98. The molecule has 0 spiro atoms. The van der Waals surface area contributed by atoms with Crippen LogP contribution in [-0.2, 0) is 0 Å². The number of fused-ring (bicyclic) bond motifs is 1. The number of pyridine rings is 1. The molecule has 0 radical (unpaired) electrons. The van der Waals surface area contributed by atoms with Crippen LogP contribution in [0.25, 0.3) is 16.9 Å². The number of rotatable bonds is 1. The minimum absolute atomic E-state index is 0.572. The first kappa shape index (κ1) is 11.6. The highest BCUT2D eigenvalue weighted by Gasteiger charge is 2.08. The summed E-state index contributed by atoms with van der Waals surface area (Å²) in [4.78, 5) is 7.63. The summed E-state index contributed by atoms with van der Waals surface area (Å²) in [5, 5.41) is 8.98. The molecule has 0 bridgehead atoms. The average molecular weight is 266 g/mol. The van der Waals surface area contributed by atoms with Crippen LogP contribution in [0.2, 0.25) is 0 Å². The van der Waals surface area contributed by atoms with E-state index in [1.54, 1.807) is 12.1 Å². The Labute approximate surface area is 115 Å². The van der Waals surface area contributed by atoms with Crippen molar-refractivity contribution in [3.63, 3.8) is 0 Å². The molecule has 3 rings (SSSR count). The minimum atomic E-state index is 0.572. The van der Waals surface area contributed by atoms with Crippen LogP contribution >= 0.6 is 12.2 Å². The Bertz CT molecular complexity index is 867. The van der Waals surface area contributed by atoms with Gasteiger partial charge in [-0.15, -0.1) is 0 Å². The number of H-pyrrole nitrogens is 1. The molecule has 2 aromatic heterocycles. The molecule has 1 N–H and O–H groups in total. The van der Waals surface area contributed by atoms with Crippen molar-refractivity contribution in [3.05, 3.63) is 52.4 Å². The van der Waals surface area contributed by atoms with Crippen LogP contribution in [0.5, 0.6) is 0 Å². The number of nitrogens with zero attached hydrogens (tertiary/aromatic N) is 3. The summed E-state index contributed by atoms with van der Waals surface area (Å²) in [6, 6.07) is 13.3. The van der Waals surface area contributed by atoms with Gasteiger partial charge in [0.1, 0.15) is 0 Å². The Kier molecular flexibility index (Phi) is 2.65. The Morgan fingerprint density at radius 3 is 2.95 bits per heavy atom. The Balaban J connectivity index is 2.36. The van der Waals surface area contributed by atoms with Gasteiger partial charge < -0.3 is 4.98 Å². The smallest absolute Gasteiger partial charge is 0.183 e. The standard InChI is InChI=1S/C14H10N4S/c1-9-5-6-12-13(16-9)18(14(19)17-12)11-4-2-3-10(7-11)8-15/h2-7H,1H3,(H,17,19). The van der Waals surface area contributed by atoms with E-state index in [0.29, 0.717) is 10.3 Å². The van der Waals surface area contributed by atoms with E-state index in [9.17, 15) is 0 Å². The fourth-order valence-electron chi connectivity index (χ4n) is 2.03. The van der Waals surface area contributed by atoms with Gasteiger partial charge in [-0.25, -0.2) is 4.98 Å². The Hall–Kier alpha value is -2.45. The third-order valence-electron chi connectivity index (χ3n) is 2.90. The number of hydrogen-bond donors (Lipinski definition) is 1. The lowest BCUT2D eigenvalue weighted by Crippen LogP contribution is -1.96. The number of nitriles is 1. The van der Waals surface area contributed by atoms with E-state index >= 15 is 0 Å². The van der Waals surface area contributed by atoms with Crippen LogP contribution in [-0.4, -0.2) is 14.5 Å². The molecule has 5 heteroatoms. The van der Waals surface area contributed by atoms with Gasteiger partial charge in [0, 0.05) is 5.69 Å². The number of nitrogens with one attached hydrogen (secondary N) is 1. The molecule has 92 valence electrons. The zero-order valence-electron chi connectivity index (χ0n) is 10.2. The normalized spacial score (nSPS) is 10.5. The molecule has 0 aliphatic heterocycles. The lowest BCUT2D eigenvalue weighted by molar-refractivity contribution is 1.03. The molecule has 1 aromatic carbocycles. The first-order valence-electron chi connectivity index (χ1n) is 5.78. The molecule has 0 saturated carbocycles. The number of imidazole rings is 1. The zero-order chi connectivity index (χ0) is 13.4. The summed E-state index contributed by atoms with van der Waals surface area (Å²) in [7, 11) is 0. The van der Waals surface area contributed by atoms with E-state index in [-0.39, 0.29) is 0 Å². The highest BCUT2D eigenvalue weighted by molar-refractivity contribution is 7.71. The Morgan fingerprint density at radius 2 is 2.16 bits per heavy atom. The zero-order valence-corrected chi connectivity index (χ0v) is 11.0. The van der Waals surface area contributed by atoms with Gasteiger partial charge in [-0.1, -0.05) is 6.07 Å². The molecule has 0 fully saturated rings. The van der Waals surface area contributed by atoms with Gasteiger partial charge in [-0.05, 0) is 49.5 Å². The molecule has 0 aliphatic rings. The molecular formula is C14H10N4S. The molecule has 19 heavy (non-hydrogen) atoms. The van der Waals surface area contributed by atoms with Gasteiger partial charge in [0.25, 0.3) is 0 Å². The summed E-state index contributed by atoms with van der Waals surface area (Å²) >= 11 is 5.34. The van der Waals surface area contributed by atoms with Gasteiger partial charge in [0.15, 0.2) is 10.4 Å². The number of hydrogen-bond acceptors (Lipinski definition) is 3. The minimum Gasteiger partial charge on any atom is -0.329 e. The fraction of sp³-hybridized carbons (Fsp3) is 0.0714. The van der Waals surface area contributed by atoms with Gasteiger partial charge in [-0.2, -0.15) is 5.26 Å². The maximum Gasteiger partial charge on any atom is 0.183 e. The molecule has 0 aliphatic carbocycles. The van der Waals surface area contributed by atoms with Crippen molar-refractivity contribution >= 4 is 23.4 Å². The lowest BCUT2D eigenvalue weighted by Gasteiger charge is -2.04. The van der Waals surface area contributed by atoms with Crippen molar-refractivity contribution in [2.45, 2.75) is 6.92 Å². The molecule has 4 nitrogen and oxygen atoms in total. The van der Waals surface area contributed by atoms with Crippen molar-refractivity contribution in [1.29, 1.82) is 5.26 Å². The van der Waals surface area contributed by atoms with Crippen LogP contribution in [0.3, 0.4) is 0 Å². The van der Waals surface area contributed by atoms with Crippen LogP contribution in [0.4, 0.5) is 0 Å².